The Hall–Kier alpha value is -2.76. The molecule has 27 heavy (non-hydrogen) atoms. The molecular weight excluding hydrogens is 342 g/mol. The third-order valence-corrected chi connectivity index (χ3v) is 4.41. The van der Waals surface area contributed by atoms with Crippen LogP contribution in [0.15, 0.2) is 47.1 Å². The highest BCUT2D eigenvalue weighted by Crippen LogP contribution is 2.20. The fourth-order valence-corrected chi connectivity index (χ4v) is 2.96. The number of furan rings is 1. The maximum Gasteiger partial charge on any atom is 0.287 e. The smallest absolute Gasteiger partial charge is 0.287 e. The van der Waals surface area contributed by atoms with Crippen LogP contribution >= 0.6 is 0 Å². The molecule has 6 nitrogen and oxygen atoms in total. The number of anilines is 2. The minimum absolute atomic E-state index is 0.0697. The van der Waals surface area contributed by atoms with Gasteiger partial charge in [0.25, 0.3) is 5.91 Å². The first-order valence-electron chi connectivity index (χ1n) is 9.35. The van der Waals surface area contributed by atoms with Gasteiger partial charge in [-0.1, -0.05) is 13.8 Å². The van der Waals surface area contributed by atoms with Crippen molar-refractivity contribution in [2.45, 2.75) is 46.7 Å². The lowest BCUT2D eigenvalue weighted by Gasteiger charge is -2.27. The number of carbonyl (C=O) groups is 2. The summed E-state index contributed by atoms with van der Waals surface area (Å²) in [6.07, 6.45) is 1.43. The van der Waals surface area contributed by atoms with Gasteiger partial charge < -0.3 is 20.0 Å². The lowest BCUT2D eigenvalue weighted by atomic mass is 10.0. The predicted octanol–water partition coefficient (Wildman–Crippen LogP) is 3.91. The van der Waals surface area contributed by atoms with Gasteiger partial charge in [-0.25, -0.2) is 0 Å². The maximum absolute atomic E-state index is 12.7. The molecule has 0 aliphatic heterocycles. The van der Waals surface area contributed by atoms with Crippen molar-refractivity contribution in [3.05, 3.63) is 48.4 Å². The Morgan fingerprint density at radius 3 is 2.22 bits per heavy atom. The first-order valence-corrected chi connectivity index (χ1v) is 9.35. The number of nitrogens with zero attached hydrogens (tertiary/aromatic N) is 1. The summed E-state index contributed by atoms with van der Waals surface area (Å²) in [5.41, 5.74) is 1.80. The number of rotatable bonds is 8. The van der Waals surface area contributed by atoms with E-state index in [-0.39, 0.29) is 17.6 Å². The molecule has 0 fully saturated rings. The Morgan fingerprint density at radius 1 is 1.07 bits per heavy atom. The quantitative estimate of drug-likeness (QED) is 0.738. The van der Waals surface area contributed by atoms with E-state index >= 15 is 0 Å². The summed E-state index contributed by atoms with van der Waals surface area (Å²) >= 11 is 0. The number of hydrogen-bond acceptors (Lipinski definition) is 4. The Labute approximate surface area is 160 Å². The van der Waals surface area contributed by atoms with E-state index in [4.69, 9.17) is 4.42 Å². The number of carbonyl (C=O) groups excluding carboxylic acids is 2. The van der Waals surface area contributed by atoms with Crippen molar-refractivity contribution in [3.8, 4) is 0 Å². The lowest BCUT2D eigenvalue weighted by molar-refractivity contribution is -0.118. The van der Waals surface area contributed by atoms with Crippen molar-refractivity contribution in [2.75, 3.05) is 16.8 Å². The van der Waals surface area contributed by atoms with E-state index in [0.717, 1.165) is 12.2 Å². The normalized spacial score (nSPS) is 12.1. The molecule has 2 aromatic rings. The van der Waals surface area contributed by atoms with Crippen molar-refractivity contribution in [2.24, 2.45) is 5.92 Å². The number of benzene rings is 1. The average molecular weight is 371 g/mol. The van der Waals surface area contributed by atoms with Crippen LogP contribution in [0.2, 0.25) is 0 Å². The number of hydrogen-bond donors (Lipinski definition) is 2. The molecule has 0 saturated carbocycles. The number of amides is 2. The molecule has 1 aromatic heterocycles. The van der Waals surface area contributed by atoms with E-state index in [1.807, 2.05) is 38.1 Å². The molecule has 2 amide bonds. The summed E-state index contributed by atoms with van der Waals surface area (Å²) in [4.78, 5) is 27.1. The molecule has 1 atom stereocenters. The molecule has 0 unspecified atom stereocenters. The van der Waals surface area contributed by atoms with Crippen molar-refractivity contribution >= 4 is 23.2 Å². The molecule has 0 bridgehead atoms. The summed E-state index contributed by atoms with van der Waals surface area (Å²) in [7, 11) is 0. The van der Waals surface area contributed by atoms with E-state index in [0.29, 0.717) is 11.7 Å². The zero-order valence-corrected chi connectivity index (χ0v) is 16.7. The first kappa shape index (κ1) is 20.6. The van der Waals surface area contributed by atoms with Crippen LogP contribution in [0, 0.1) is 5.92 Å². The van der Waals surface area contributed by atoms with Gasteiger partial charge in [0.05, 0.1) is 6.26 Å². The third kappa shape index (κ3) is 5.36. The summed E-state index contributed by atoms with van der Waals surface area (Å²) < 4.78 is 5.09. The molecule has 1 heterocycles. The second-order valence-corrected chi connectivity index (χ2v) is 7.09. The van der Waals surface area contributed by atoms with Crippen LogP contribution in [0.3, 0.4) is 0 Å². The SMILES string of the molecule is CCN(c1ccc(NC(=O)[C@@H](NC(=O)c2ccco2)C(C)C)cc1)C(C)C. The van der Waals surface area contributed by atoms with E-state index in [1.165, 1.54) is 6.26 Å². The minimum atomic E-state index is -0.662. The molecule has 0 aliphatic carbocycles. The molecule has 146 valence electrons. The van der Waals surface area contributed by atoms with Crippen LogP contribution in [0.4, 0.5) is 11.4 Å². The molecule has 1 aromatic carbocycles. The maximum atomic E-state index is 12.7. The fourth-order valence-electron chi connectivity index (χ4n) is 2.96. The molecule has 6 heteroatoms. The van der Waals surface area contributed by atoms with Crippen molar-refractivity contribution in [3.63, 3.8) is 0 Å². The number of nitrogens with one attached hydrogen (secondary N) is 2. The van der Waals surface area contributed by atoms with Crippen LogP contribution in [0.25, 0.3) is 0 Å². The van der Waals surface area contributed by atoms with Crippen LogP contribution < -0.4 is 15.5 Å². The average Bonchev–Trinajstić information content (AvgIpc) is 3.15. The van der Waals surface area contributed by atoms with E-state index in [1.54, 1.807) is 12.1 Å². The van der Waals surface area contributed by atoms with Crippen LogP contribution in [-0.4, -0.2) is 30.4 Å². The summed E-state index contributed by atoms with van der Waals surface area (Å²) in [5, 5.41) is 5.62. The largest absolute Gasteiger partial charge is 0.459 e. The lowest BCUT2D eigenvalue weighted by Crippen LogP contribution is -2.47. The van der Waals surface area contributed by atoms with Gasteiger partial charge in [-0.05, 0) is 63.1 Å². The summed E-state index contributed by atoms with van der Waals surface area (Å²) in [5.74, 6) is -0.542. The summed E-state index contributed by atoms with van der Waals surface area (Å²) in [6, 6.07) is 10.7. The van der Waals surface area contributed by atoms with Crippen molar-refractivity contribution < 1.29 is 14.0 Å². The van der Waals surface area contributed by atoms with Gasteiger partial charge >= 0.3 is 0 Å². The van der Waals surface area contributed by atoms with Crippen molar-refractivity contribution in [1.29, 1.82) is 0 Å². The zero-order chi connectivity index (χ0) is 20.0. The van der Waals surface area contributed by atoms with Gasteiger partial charge in [0.2, 0.25) is 5.91 Å². The fraction of sp³-hybridized carbons (Fsp3) is 0.429. The molecular formula is C21H29N3O3. The van der Waals surface area contributed by atoms with Gasteiger partial charge in [0, 0.05) is 24.0 Å². The van der Waals surface area contributed by atoms with Gasteiger partial charge in [0.15, 0.2) is 5.76 Å². The molecule has 0 aliphatic rings. The van der Waals surface area contributed by atoms with Gasteiger partial charge in [-0.2, -0.15) is 0 Å². The van der Waals surface area contributed by atoms with Gasteiger partial charge in [0.1, 0.15) is 6.04 Å². The first-order chi connectivity index (χ1) is 12.8. The Morgan fingerprint density at radius 2 is 1.74 bits per heavy atom. The van der Waals surface area contributed by atoms with E-state index in [9.17, 15) is 9.59 Å². The van der Waals surface area contributed by atoms with Crippen molar-refractivity contribution in [1.82, 2.24) is 5.32 Å². The molecule has 0 saturated heterocycles. The second-order valence-electron chi connectivity index (χ2n) is 7.09. The van der Waals surface area contributed by atoms with Crippen LogP contribution in [0.5, 0.6) is 0 Å². The van der Waals surface area contributed by atoms with Gasteiger partial charge in [-0.15, -0.1) is 0 Å². The van der Waals surface area contributed by atoms with Crippen LogP contribution in [-0.2, 0) is 4.79 Å². The highest BCUT2D eigenvalue weighted by atomic mass is 16.3. The highest BCUT2D eigenvalue weighted by Gasteiger charge is 2.25. The Kier molecular flexibility index (Phi) is 7.05. The second kappa shape index (κ2) is 9.26. The Bertz CT molecular complexity index is 737. The monoisotopic (exact) mass is 371 g/mol. The predicted molar refractivity (Wildman–Crippen MR) is 108 cm³/mol. The molecule has 2 N–H and O–H groups in total. The standard InChI is InChI=1S/C21H29N3O3/c1-6-24(15(4)5)17-11-9-16(10-12-17)22-21(26)19(14(2)3)23-20(25)18-8-7-13-27-18/h7-15,19H,6H2,1-5H3,(H,22,26)(H,23,25)/t19-/m0/s1. The molecule has 0 spiro atoms. The zero-order valence-electron chi connectivity index (χ0n) is 16.7. The third-order valence-electron chi connectivity index (χ3n) is 4.41. The minimum Gasteiger partial charge on any atom is -0.459 e. The van der Waals surface area contributed by atoms with E-state index < -0.39 is 11.9 Å². The van der Waals surface area contributed by atoms with Gasteiger partial charge in [-0.3, -0.25) is 9.59 Å². The highest BCUT2D eigenvalue weighted by molar-refractivity contribution is 6.00. The van der Waals surface area contributed by atoms with E-state index in [2.05, 4.69) is 36.3 Å². The topological polar surface area (TPSA) is 74.6 Å². The summed E-state index contributed by atoms with van der Waals surface area (Å²) in [6.45, 7) is 11.1. The Balaban J connectivity index is 2.05. The van der Waals surface area contributed by atoms with Crippen LogP contribution in [0.1, 0.15) is 45.2 Å². The molecule has 2 rings (SSSR count). The molecule has 0 radical (unpaired) electrons.